The summed E-state index contributed by atoms with van der Waals surface area (Å²) < 4.78 is 32.1. The zero-order chi connectivity index (χ0) is 21.3. The molecule has 1 amide bonds. The third-order valence-corrected chi connectivity index (χ3v) is 3.91. The Bertz CT molecular complexity index is 1020. The second-order valence-corrected chi connectivity index (χ2v) is 6.23. The summed E-state index contributed by atoms with van der Waals surface area (Å²) in [7, 11) is 0. The van der Waals surface area contributed by atoms with Crippen molar-refractivity contribution in [3.05, 3.63) is 95.6 Å². The lowest BCUT2D eigenvalue weighted by Gasteiger charge is -2.11. The molecule has 0 spiro atoms. The Morgan fingerprint density at radius 2 is 1.63 bits per heavy atom. The number of oxime groups is 1. The van der Waals surface area contributed by atoms with Crippen LogP contribution < -0.4 is 15.8 Å². The first-order chi connectivity index (χ1) is 14.5. The predicted molar refractivity (Wildman–Crippen MR) is 109 cm³/mol. The van der Waals surface area contributed by atoms with Crippen LogP contribution in [0.5, 0.6) is 5.75 Å². The predicted octanol–water partition coefficient (Wildman–Crippen LogP) is 3.82. The minimum absolute atomic E-state index is 0.0169. The van der Waals surface area contributed by atoms with E-state index < -0.39 is 24.1 Å². The number of hydrogen-bond acceptors (Lipinski definition) is 4. The van der Waals surface area contributed by atoms with E-state index in [9.17, 15) is 13.6 Å². The molecular formula is C22H19F2N3O3. The molecule has 0 aliphatic carbocycles. The first-order valence-electron chi connectivity index (χ1n) is 8.99. The molecule has 0 bridgehead atoms. The number of ether oxygens (including phenoxy) is 1. The number of carbonyl (C=O) groups excluding carboxylic acids is 1. The molecule has 0 saturated carbocycles. The Morgan fingerprint density at radius 1 is 0.967 bits per heavy atom. The summed E-state index contributed by atoms with van der Waals surface area (Å²) in [6.45, 7) is -0.148. The number of nitrogens with one attached hydrogen (secondary N) is 1. The third-order valence-electron chi connectivity index (χ3n) is 3.91. The maximum absolute atomic E-state index is 13.2. The van der Waals surface area contributed by atoms with Crippen LogP contribution in [-0.4, -0.2) is 18.3 Å². The van der Waals surface area contributed by atoms with Crippen molar-refractivity contribution in [3.8, 4) is 5.75 Å². The Hall–Kier alpha value is -3.94. The molecule has 3 rings (SSSR count). The molecule has 0 saturated heterocycles. The van der Waals surface area contributed by atoms with Crippen LogP contribution in [0.25, 0.3) is 0 Å². The van der Waals surface area contributed by atoms with Crippen LogP contribution in [0.15, 0.2) is 78.0 Å². The largest absolute Gasteiger partial charge is 0.488 e. The topological polar surface area (TPSA) is 85.9 Å². The quantitative estimate of drug-likeness (QED) is 0.335. The number of halogens is 2. The van der Waals surface area contributed by atoms with Gasteiger partial charge in [0.05, 0.1) is 5.56 Å². The van der Waals surface area contributed by atoms with Gasteiger partial charge in [0.1, 0.15) is 24.0 Å². The molecule has 30 heavy (non-hydrogen) atoms. The molecule has 6 nitrogen and oxygen atoms in total. The normalized spacial score (nSPS) is 11.1. The minimum atomic E-state index is -0.805. The molecule has 0 unspecified atom stereocenters. The summed E-state index contributed by atoms with van der Waals surface area (Å²) in [5.41, 5.74) is 7.42. The fraction of sp³-hybridized carbons (Fsp3) is 0.0909. The molecule has 154 valence electrons. The number of amidine groups is 1. The fourth-order valence-electron chi connectivity index (χ4n) is 2.57. The summed E-state index contributed by atoms with van der Waals surface area (Å²) >= 11 is 0. The van der Waals surface area contributed by atoms with Crippen molar-refractivity contribution in [2.75, 3.05) is 11.9 Å². The van der Waals surface area contributed by atoms with Gasteiger partial charge in [0.2, 0.25) is 0 Å². The standard InChI is InChI=1S/C22H19F2N3O3/c23-16-10-17(24)12-18(11-16)26-21(28)14-30-27-22(25)19-8-4-5-9-20(19)29-13-15-6-2-1-3-7-15/h1-12H,13-14H2,(H2,25,27)(H,26,28). The number of anilines is 1. The molecule has 0 aliphatic heterocycles. The summed E-state index contributed by atoms with van der Waals surface area (Å²) in [5.74, 6) is -1.74. The van der Waals surface area contributed by atoms with Gasteiger partial charge in [-0.05, 0) is 29.8 Å². The maximum Gasteiger partial charge on any atom is 0.265 e. The number of amides is 1. The lowest BCUT2D eigenvalue weighted by atomic mass is 10.2. The van der Waals surface area contributed by atoms with Crippen LogP contribution in [0.2, 0.25) is 0 Å². The Balaban J connectivity index is 1.58. The summed E-state index contributed by atoms with van der Waals surface area (Å²) in [6, 6.07) is 19.3. The zero-order valence-electron chi connectivity index (χ0n) is 15.8. The highest BCUT2D eigenvalue weighted by atomic mass is 19.1. The van der Waals surface area contributed by atoms with Gasteiger partial charge in [-0.3, -0.25) is 4.79 Å². The highest BCUT2D eigenvalue weighted by molar-refractivity contribution is 5.99. The number of nitrogens with two attached hydrogens (primary N) is 1. The molecule has 0 radical (unpaired) electrons. The number of benzene rings is 3. The van der Waals surface area contributed by atoms with Gasteiger partial charge in [0.25, 0.3) is 5.91 Å². The Labute approximate surface area is 171 Å². The minimum Gasteiger partial charge on any atom is -0.488 e. The second kappa shape index (κ2) is 10.0. The number of carbonyl (C=O) groups is 1. The van der Waals surface area contributed by atoms with E-state index >= 15 is 0 Å². The van der Waals surface area contributed by atoms with Crippen molar-refractivity contribution < 1.29 is 23.1 Å². The highest BCUT2D eigenvalue weighted by Gasteiger charge is 2.10. The van der Waals surface area contributed by atoms with Gasteiger partial charge in [-0.25, -0.2) is 8.78 Å². The molecular weight excluding hydrogens is 392 g/mol. The molecule has 0 aliphatic rings. The molecule has 3 N–H and O–H groups in total. The lowest BCUT2D eigenvalue weighted by Crippen LogP contribution is -2.20. The van der Waals surface area contributed by atoms with Crippen molar-refractivity contribution in [2.24, 2.45) is 10.9 Å². The van der Waals surface area contributed by atoms with E-state index in [1.807, 2.05) is 30.3 Å². The molecule has 0 fully saturated rings. The van der Waals surface area contributed by atoms with Gasteiger partial charge in [-0.15, -0.1) is 0 Å². The summed E-state index contributed by atoms with van der Waals surface area (Å²) in [4.78, 5) is 16.8. The van der Waals surface area contributed by atoms with E-state index in [-0.39, 0.29) is 11.5 Å². The average molecular weight is 411 g/mol. The monoisotopic (exact) mass is 411 g/mol. The van der Waals surface area contributed by atoms with Crippen LogP contribution in [0.3, 0.4) is 0 Å². The molecule has 0 atom stereocenters. The van der Waals surface area contributed by atoms with Gasteiger partial charge in [0.15, 0.2) is 12.4 Å². The van der Waals surface area contributed by atoms with E-state index in [1.165, 1.54) is 0 Å². The Morgan fingerprint density at radius 3 is 2.37 bits per heavy atom. The van der Waals surface area contributed by atoms with Crippen molar-refractivity contribution in [1.29, 1.82) is 0 Å². The van der Waals surface area contributed by atoms with Gasteiger partial charge < -0.3 is 20.6 Å². The zero-order valence-corrected chi connectivity index (χ0v) is 15.8. The first kappa shape index (κ1) is 20.8. The van der Waals surface area contributed by atoms with Gasteiger partial charge in [-0.2, -0.15) is 0 Å². The van der Waals surface area contributed by atoms with Gasteiger partial charge in [-0.1, -0.05) is 47.6 Å². The van der Waals surface area contributed by atoms with Gasteiger partial charge in [0, 0.05) is 11.8 Å². The lowest BCUT2D eigenvalue weighted by molar-refractivity contribution is -0.120. The number of nitrogens with zero attached hydrogens (tertiary/aromatic N) is 1. The van der Waals surface area contributed by atoms with Crippen molar-refractivity contribution >= 4 is 17.4 Å². The smallest absolute Gasteiger partial charge is 0.265 e. The first-order valence-corrected chi connectivity index (χ1v) is 8.99. The van der Waals surface area contributed by atoms with Crippen molar-refractivity contribution in [2.45, 2.75) is 6.61 Å². The molecule has 8 heteroatoms. The van der Waals surface area contributed by atoms with Gasteiger partial charge >= 0.3 is 0 Å². The number of hydrogen-bond donors (Lipinski definition) is 2. The van der Waals surface area contributed by atoms with Crippen LogP contribution >= 0.6 is 0 Å². The highest BCUT2D eigenvalue weighted by Crippen LogP contribution is 2.19. The van der Waals surface area contributed by atoms with Crippen molar-refractivity contribution in [3.63, 3.8) is 0 Å². The van der Waals surface area contributed by atoms with E-state index in [2.05, 4.69) is 10.5 Å². The third kappa shape index (κ3) is 6.03. The van der Waals surface area contributed by atoms with Crippen molar-refractivity contribution in [1.82, 2.24) is 0 Å². The molecule has 3 aromatic carbocycles. The van der Waals surface area contributed by atoms with Crippen LogP contribution in [-0.2, 0) is 16.2 Å². The SMILES string of the molecule is N/C(=N\OCC(=O)Nc1cc(F)cc(F)c1)c1ccccc1OCc1ccccc1. The van der Waals surface area contributed by atoms with E-state index in [4.69, 9.17) is 15.3 Å². The van der Waals surface area contributed by atoms with E-state index in [1.54, 1.807) is 24.3 Å². The second-order valence-electron chi connectivity index (χ2n) is 6.23. The van der Waals surface area contributed by atoms with Crippen LogP contribution in [0, 0.1) is 11.6 Å². The number of rotatable bonds is 8. The Kier molecular flexibility index (Phi) is 6.94. The summed E-state index contributed by atoms with van der Waals surface area (Å²) in [5, 5.41) is 6.04. The van der Waals surface area contributed by atoms with E-state index in [0.717, 1.165) is 17.7 Å². The fourth-order valence-corrected chi connectivity index (χ4v) is 2.57. The molecule has 0 heterocycles. The molecule has 0 aromatic heterocycles. The van der Waals surface area contributed by atoms with Crippen LogP contribution in [0.4, 0.5) is 14.5 Å². The average Bonchev–Trinajstić information content (AvgIpc) is 2.72. The molecule has 3 aromatic rings. The number of para-hydroxylation sites is 1. The maximum atomic E-state index is 13.2. The summed E-state index contributed by atoms with van der Waals surface area (Å²) in [6.07, 6.45) is 0. The van der Waals surface area contributed by atoms with Crippen LogP contribution in [0.1, 0.15) is 11.1 Å². The van der Waals surface area contributed by atoms with E-state index in [0.29, 0.717) is 24.0 Å².